The van der Waals surface area contributed by atoms with Gasteiger partial charge in [-0.05, 0) is 36.8 Å². The Hall–Kier alpha value is -2.11. The first kappa shape index (κ1) is 18.2. The number of guanidine groups is 1. The number of hydrogen-bond acceptors (Lipinski definition) is 3. The zero-order chi connectivity index (χ0) is 17.4. The van der Waals surface area contributed by atoms with Crippen LogP contribution in [0.3, 0.4) is 0 Å². The number of nitrogens with zero attached hydrogens (tertiary/aromatic N) is 3. The number of carbonyl (C=O) groups is 1. The minimum atomic E-state index is -0.0990. The van der Waals surface area contributed by atoms with Crippen LogP contribution in [-0.2, 0) is 0 Å². The quantitative estimate of drug-likeness (QED) is 0.473. The van der Waals surface area contributed by atoms with Crippen LogP contribution in [0.1, 0.15) is 37.0 Å². The maximum atomic E-state index is 11.9. The van der Waals surface area contributed by atoms with Gasteiger partial charge in [-0.1, -0.05) is 13.8 Å². The molecule has 1 amide bonds. The molecule has 1 unspecified atom stereocenters. The van der Waals surface area contributed by atoms with Crippen LogP contribution in [0, 0.1) is 11.8 Å². The molecule has 1 fully saturated rings. The standard InChI is InChI=1S/C18H29N5O/c1-14(2)11-15-6-10-23(13-15)18(19-3)22-9-8-21-17(24)16-5-4-7-20-12-16/h4-5,7,12,14-15H,6,8-11,13H2,1-3H3,(H,19,22)(H,21,24). The lowest BCUT2D eigenvalue weighted by molar-refractivity contribution is 0.0954. The predicted octanol–water partition coefficient (Wildman–Crippen LogP) is 1.75. The van der Waals surface area contributed by atoms with Gasteiger partial charge >= 0.3 is 0 Å². The van der Waals surface area contributed by atoms with Gasteiger partial charge in [-0.25, -0.2) is 0 Å². The van der Waals surface area contributed by atoms with E-state index < -0.39 is 0 Å². The van der Waals surface area contributed by atoms with Crippen LogP contribution >= 0.6 is 0 Å². The summed E-state index contributed by atoms with van der Waals surface area (Å²) in [5, 5.41) is 6.23. The molecular weight excluding hydrogens is 302 g/mol. The topological polar surface area (TPSA) is 69.6 Å². The second-order valence-corrected chi connectivity index (χ2v) is 6.70. The molecule has 0 aromatic carbocycles. The number of pyridine rings is 1. The molecule has 2 heterocycles. The van der Waals surface area contributed by atoms with Crippen molar-refractivity contribution in [3.8, 4) is 0 Å². The molecule has 1 aliphatic heterocycles. The average Bonchev–Trinajstić information content (AvgIpc) is 3.03. The Morgan fingerprint density at radius 3 is 2.88 bits per heavy atom. The Morgan fingerprint density at radius 1 is 1.42 bits per heavy atom. The van der Waals surface area contributed by atoms with Crippen molar-refractivity contribution in [3.63, 3.8) is 0 Å². The van der Waals surface area contributed by atoms with Gasteiger partial charge in [-0.2, -0.15) is 0 Å². The van der Waals surface area contributed by atoms with Crippen molar-refractivity contribution in [2.75, 3.05) is 33.2 Å². The fourth-order valence-electron chi connectivity index (χ4n) is 3.17. The van der Waals surface area contributed by atoms with Gasteiger partial charge in [-0.3, -0.25) is 14.8 Å². The highest BCUT2D eigenvalue weighted by molar-refractivity contribution is 5.93. The Kier molecular flexibility index (Phi) is 7.03. The van der Waals surface area contributed by atoms with Gasteiger partial charge in [0, 0.05) is 45.6 Å². The van der Waals surface area contributed by atoms with E-state index in [4.69, 9.17) is 0 Å². The fourth-order valence-corrected chi connectivity index (χ4v) is 3.17. The minimum Gasteiger partial charge on any atom is -0.354 e. The van der Waals surface area contributed by atoms with Crippen LogP contribution in [-0.4, -0.2) is 55.0 Å². The summed E-state index contributed by atoms with van der Waals surface area (Å²) >= 11 is 0. The summed E-state index contributed by atoms with van der Waals surface area (Å²) in [6, 6.07) is 3.52. The van der Waals surface area contributed by atoms with E-state index in [0.717, 1.165) is 30.9 Å². The number of amides is 1. The minimum absolute atomic E-state index is 0.0990. The third kappa shape index (κ3) is 5.51. The molecule has 0 spiro atoms. The van der Waals surface area contributed by atoms with Gasteiger partial charge in [0.1, 0.15) is 0 Å². The molecule has 1 atom stereocenters. The van der Waals surface area contributed by atoms with Crippen LogP contribution in [0.15, 0.2) is 29.5 Å². The summed E-state index contributed by atoms with van der Waals surface area (Å²) < 4.78 is 0. The summed E-state index contributed by atoms with van der Waals surface area (Å²) in [4.78, 5) is 22.6. The molecule has 6 nitrogen and oxygen atoms in total. The van der Waals surface area contributed by atoms with E-state index in [9.17, 15) is 4.79 Å². The van der Waals surface area contributed by atoms with E-state index in [1.54, 1.807) is 24.5 Å². The van der Waals surface area contributed by atoms with Gasteiger partial charge in [0.15, 0.2) is 5.96 Å². The van der Waals surface area contributed by atoms with Crippen LogP contribution in [0.25, 0.3) is 0 Å². The second-order valence-electron chi connectivity index (χ2n) is 6.70. The second kappa shape index (κ2) is 9.25. The van der Waals surface area contributed by atoms with E-state index in [-0.39, 0.29) is 5.91 Å². The van der Waals surface area contributed by atoms with Crippen LogP contribution < -0.4 is 10.6 Å². The molecule has 1 aromatic rings. The number of likely N-dealkylation sites (tertiary alicyclic amines) is 1. The van der Waals surface area contributed by atoms with Gasteiger partial charge < -0.3 is 15.5 Å². The van der Waals surface area contributed by atoms with Gasteiger partial charge in [0.2, 0.25) is 0 Å². The fraction of sp³-hybridized carbons (Fsp3) is 0.611. The zero-order valence-corrected chi connectivity index (χ0v) is 15.0. The maximum Gasteiger partial charge on any atom is 0.252 e. The van der Waals surface area contributed by atoms with Gasteiger partial charge in [0.25, 0.3) is 5.91 Å². The van der Waals surface area contributed by atoms with E-state index in [2.05, 4.69) is 39.4 Å². The van der Waals surface area contributed by atoms with Gasteiger partial charge in [0.05, 0.1) is 5.56 Å². The molecule has 1 saturated heterocycles. The summed E-state index contributed by atoms with van der Waals surface area (Å²) in [6.07, 6.45) is 5.73. The first-order chi connectivity index (χ1) is 11.6. The number of nitrogens with one attached hydrogen (secondary N) is 2. The SMILES string of the molecule is CN=C(NCCNC(=O)c1cccnc1)N1CCC(CC(C)C)C1. The summed E-state index contributed by atoms with van der Waals surface area (Å²) in [7, 11) is 1.81. The predicted molar refractivity (Wildman–Crippen MR) is 97.1 cm³/mol. The summed E-state index contributed by atoms with van der Waals surface area (Å²) in [5.74, 6) is 2.33. The number of carbonyl (C=O) groups excluding carboxylic acids is 1. The largest absolute Gasteiger partial charge is 0.354 e. The third-order valence-corrected chi connectivity index (χ3v) is 4.22. The number of aliphatic imine (C=N–C) groups is 1. The van der Waals surface area contributed by atoms with E-state index >= 15 is 0 Å². The van der Waals surface area contributed by atoms with Crippen LogP contribution in [0.4, 0.5) is 0 Å². The molecule has 2 N–H and O–H groups in total. The Balaban J connectivity index is 1.70. The highest BCUT2D eigenvalue weighted by Gasteiger charge is 2.25. The van der Waals surface area contributed by atoms with Crippen LogP contribution in [0.2, 0.25) is 0 Å². The van der Waals surface area contributed by atoms with Crippen molar-refractivity contribution < 1.29 is 4.79 Å². The summed E-state index contributed by atoms with van der Waals surface area (Å²) in [6.45, 7) is 7.89. The Morgan fingerprint density at radius 2 is 2.21 bits per heavy atom. The smallest absolute Gasteiger partial charge is 0.252 e. The first-order valence-electron chi connectivity index (χ1n) is 8.74. The number of rotatable bonds is 6. The molecule has 24 heavy (non-hydrogen) atoms. The van der Waals surface area contributed by atoms with Crippen molar-refractivity contribution >= 4 is 11.9 Å². The lowest BCUT2D eigenvalue weighted by Gasteiger charge is -2.22. The number of hydrogen-bond donors (Lipinski definition) is 2. The highest BCUT2D eigenvalue weighted by Crippen LogP contribution is 2.23. The van der Waals surface area contributed by atoms with Crippen molar-refractivity contribution in [3.05, 3.63) is 30.1 Å². The Bertz CT molecular complexity index is 544. The number of aromatic nitrogens is 1. The van der Waals surface area contributed by atoms with Crippen LogP contribution in [0.5, 0.6) is 0 Å². The molecule has 2 rings (SSSR count). The Labute approximate surface area is 144 Å². The van der Waals surface area contributed by atoms with Crippen molar-refractivity contribution in [2.45, 2.75) is 26.7 Å². The molecule has 0 bridgehead atoms. The highest BCUT2D eigenvalue weighted by atomic mass is 16.1. The molecule has 1 aliphatic rings. The molecule has 0 radical (unpaired) electrons. The maximum absolute atomic E-state index is 11.9. The summed E-state index contributed by atoms with van der Waals surface area (Å²) in [5.41, 5.74) is 0.581. The zero-order valence-electron chi connectivity index (χ0n) is 15.0. The lowest BCUT2D eigenvalue weighted by atomic mass is 9.97. The monoisotopic (exact) mass is 331 g/mol. The van der Waals surface area contributed by atoms with Crippen molar-refractivity contribution in [1.29, 1.82) is 0 Å². The third-order valence-electron chi connectivity index (χ3n) is 4.22. The molecule has 132 valence electrons. The van der Waals surface area contributed by atoms with E-state index in [1.807, 2.05) is 7.05 Å². The first-order valence-corrected chi connectivity index (χ1v) is 8.74. The molecule has 6 heteroatoms. The van der Waals surface area contributed by atoms with E-state index in [1.165, 1.54) is 12.8 Å². The molecule has 1 aromatic heterocycles. The normalized spacial score (nSPS) is 18.1. The van der Waals surface area contributed by atoms with Crippen molar-refractivity contribution in [1.82, 2.24) is 20.5 Å². The van der Waals surface area contributed by atoms with Gasteiger partial charge in [-0.15, -0.1) is 0 Å². The van der Waals surface area contributed by atoms with Crippen molar-refractivity contribution in [2.24, 2.45) is 16.8 Å². The average molecular weight is 331 g/mol. The van der Waals surface area contributed by atoms with E-state index in [0.29, 0.717) is 18.7 Å². The molecule has 0 aliphatic carbocycles. The molecule has 0 saturated carbocycles. The molecular formula is C18H29N5O. The lowest BCUT2D eigenvalue weighted by Crippen LogP contribution is -2.43.